The summed E-state index contributed by atoms with van der Waals surface area (Å²) < 4.78 is 58.9. The van der Waals surface area contributed by atoms with Crippen LogP contribution in [0.15, 0.2) is 59.5 Å². The average Bonchev–Trinajstić information content (AvgIpc) is 2.49. The fourth-order valence-corrected chi connectivity index (χ4v) is 2.50. The van der Waals surface area contributed by atoms with Crippen LogP contribution in [-0.4, -0.2) is 29.3 Å². The Morgan fingerprint density at radius 1 is 1.00 bits per heavy atom. The molecule has 0 aliphatic carbocycles. The fourth-order valence-electron chi connectivity index (χ4n) is 1.52. The van der Waals surface area contributed by atoms with E-state index in [2.05, 4.69) is 24.3 Å². The number of alkyl halides is 3. The molecule has 1 N–H and O–H groups in total. The maximum atomic E-state index is 10.7. The molecule has 0 unspecified atom stereocenters. The Bertz CT molecular complexity index is 715. The quantitative estimate of drug-likeness (QED) is 0.383. The third-order valence-electron chi connectivity index (χ3n) is 2.67. The Morgan fingerprint density at radius 2 is 1.50 bits per heavy atom. The van der Waals surface area contributed by atoms with E-state index in [9.17, 15) is 13.2 Å². The molecule has 0 fully saturated rings. The monoisotopic (exact) mass is 380 g/mol. The van der Waals surface area contributed by atoms with Crippen molar-refractivity contribution in [1.82, 2.24) is 0 Å². The van der Waals surface area contributed by atoms with E-state index in [-0.39, 0.29) is 0 Å². The van der Waals surface area contributed by atoms with Crippen LogP contribution in [0, 0.1) is 0 Å². The van der Waals surface area contributed by atoms with Gasteiger partial charge in [-0.25, -0.2) is 8.42 Å². The number of hydrogen-bond donors (Lipinski definition) is 1. The number of halogens is 3. The summed E-state index contributed by atoms with van der Waals surface area (Å²) in [5.41, 5.74) is -4.26. The van der Waals surface area contributed by atoms with Crippen molar-refractivity contribution < 1.29 is 31.2 Å². The lowest BCUT2D eigenvalue weighted by atomic mass is 10.2. The molecule has 132 valence electrons. The second-order valence-electron chi connectivity index (χ2n) is 4.53. The van der Waals surface area contributed by atoms with Crippen molar-refractivity contribution in [2.24, 2.45) is 0 Å². The molecule has 0 bridgehead atoms. The molecule has 0 amide bonds. The fraction of sp³-hybridized carbons (Fsp3) is 0.200. The van der Waals surface area contributed by atoms with Crippen LogP contribution < -0.4 is 0 Å². The molecule has 24 heavy (non-hydrogen) atoms. The largest absolute Gasteiger partial charge is 0.741 e. The highest BCUT2D eigenvalue weighted by molar-refractivity contribution is 7.86. The zero-order chi connectivity index (χ0) is 18.2. The zero-order valence-electron chi connectivity index (χ0n) is 12.3. The van der Waals surface area contributed by atoms with Gasteiger partial charge < -0.3 is 9.66 Å². The molecule has 0 saturated carbocycles. The van der Waals surface area contributed by atoms with Gasteiger partial charge in [0.1, 0.15) is 11.5 Å². The first kappa shape index (κ1) is 20.3. The van der Waals surface area contributed by atoms with E-state index in [4.69, 9.17) is 18.1 Å². The number of hydrogen-bond acceptors (Lipinski definition) is 4. The minimum Gasteiger partial charge on any atom is -0.741 e. The normalized spacial score (nSPS) is 11.5. The van der Waals surface area contributed by atoms with E-state index in [1.807, 2.05) is 18.2 Å². The van der Waals surface area contributed by atoms with Crippen LogP contribution in [0.3, 0.4) is 0 Å². The highest BCUT2D eigenvalue weighted by Crippen LogP contribution is 2.20. The number of phenols is 1. The molecule has 2 aromatic carbocycles. The van der Waals surface area contributed by atoms with E-state index in [1.165, 1.54) is 22.2 Å². The molecule has 2 rings (SSSR count). The molecule has 2 aromatic rings. The van der Waals surface area contributed by atoms with Crippen LogP contribution in [0.1, 0.15) is 5.56 Å². The van der Waals surface area contributed by atoms with E-state index >= 15 is 0 Å². The molecule has 0 atom stereocenters. The molecular weight excluding hydrogens is 365 g/mol. The topological polar surface area (TPSA) is 77.4 Å². The Kier molecular flexibility index (Phi) is 7.59. The van der Waals surface area contributed by atoms with Gasteiger partial charge in [0, 0.05) is 18.2 Å². The summed E-state index contributed by atoms with van der Waals surface area (Å²) in [4.78, 5) is 1.26. The van der Waals surface area contributed by atoms with Crippen LogP contribution >= 0.6 is 0 Å². The van der Waals surface area contributed by atoms with Crippen molar-refractivity contribution in [3.05, 3.63) is 60.2 Å². The third kappa shape index (κ3) is 7.71. The molecule has 0 aromatic heterocycles. The van der Waals surface area contributed by atoms with Gasteiger partial charge in [-0.15, -0.1) is 0 Å². The molecule has 0 heterocycles. The van der Waals surface area contributed by atoms with Gasteiger partial charge in [0.2, 0.25) is 0 Å². The molecule has 0 saturated heterocycles. The maximum absolute atomic E-state index is 10.7. The Morgan fingerprint density at radius 3 is 1.96 bits per heavy atom. The summed E-state index contributed by atoms with van der Waals surface area (Å²) in [7, 11) is -6.09. The second-order valence-corrected chi connectivity index (χ2v) is 7.18. The first-order valence-corrected chi connectivity index (χ1v) is 9.11. The lowest BCUT2D eigenvalue weighted by molar-refractivity contribution is -0.0517. The summed E-state index contributed by atoms with van der Waals surface area (Å²) in [6.07, 6.45) is 1.10. The first-order valence-electron chi connectivity index (χ1n) is 6.62. The van der Waals surface area contributed by atoms with Crippen molar-refractivity contribution >= 4 is 21.9 Å². The van der Waals surface area contributed by atoms with Gasteiger partial charge >= 0.3 is 5.51 Å². The summed E-state index contributed by atoms with van der Waals surface area (Å²) >= 11 is 1.31. The smallest absolute Gasteiger partial charge is 0.485 e. The highest BCUT2D eigenvalue weighted by atomic mass is 32.2. The molecule has 0 aliphatic heterocycles. The van der Waals surface area contributed by atoms with Crippen molar-refractivity contribution in [1.29, 1.82) is 0 Å². The van der Waals surface area contributed by atoms with Crippen LogP contribution in [-0.2, 0) is 28.3 Å². The Hall–Kier alpha value is -1.71. The number of thiol groups is 1. The number of benzene rings is 2. The predicted molar refractivity (Wildman–Crippen MR) is 85.9 cm³/mol. The number of rotatable bonds is 4. The lowest BCUT2D eigenvalue weighted by Crippen LogP contribution is -2.21. The van der Waals surface area contributed by atoms with E-state index in [0.717, 1.165) is 12.2 Å². The molecule has 0 spiro atoms. The zero-order valence-corrected chi connectivity index (χ0v) is 14.0. The van der Waals surface area contributed by atoms with Crippen LogP contribution in [0.25, 0.3) is 0 Å². The predicted octanol–water partition coefficient (Wildman–Crippen LogP) is 2.86. The Labute approximate surface area is 142 Å². The van der Waals surface area contributed by atoms with Gasteiger partial charge in [-0.05, 0) is 29.8 Å². The minimum atomic E-state index is -6.09. The number of phenolic OH excluding ortho intramolecular Hbond substituents is 1. The standard InChI is InChI=1S/C14H14OS.CHF3O3S/c15-13-6-8-14(9-7-13)16-11-10-12-4-2-1-3-5-12;2-1(3,4)8(5,6)7/h1-9,15H,10-11H2;(H,5,6,7). The number of aromatic hydroxyl groups is 1. The maximum Gasteiger partial charge on any atom is 0.485 e. The molecule has 4 nitrogen and oxygen atoms in total. The van der Waals surface area contributed by atoms with E-state index < -0.39 is 15.6 Å². The minimum absolute atomic E-state index is 0.335. The van der Waals surface area contributed by atoms with E-state index in [0.29, 0.717) is 5.75 Å². The van der Waals surface area contributed by atoms with Crippen LogP contribution in [0.2, 0.25) is 0 Å². The summed E-state index contributed by atoms with van der Waals surface area (Å²) in [6, 6.07) is 17.9. The second kappa shape index (κ2) is 8.95. The SMILES string of the molecule is O=S(=O)([O-])C(F)(F)F.Oc1ccc([SH+]CCc2ccccc2)cc1. The van der Waals surface area contributed by atoms with Crippen molar-refractivity contribution in [2.45, 2.75) is 16.8 Å². The van der Waals surface area contributed by atoms with Gasteiger partial charge in [-0.2, -0.15) is 13.2 Å². The lowest BCUT2D eigenvalue weighted by Gasteiger charge is -2.08. The van der Waals surface area contributed by atoms with Crippen LogP contribution in [0.4, 0.5) is 13.2 Å². The van der Waals surface area contributed by atoms with Crippen LogP contribution in [0.5, 0.6) is 5.75 Å². The van der Waals surface area contributed by atoms with Gasteiger partial charge in [-0.3, -0.25) is 0 Å². The number of aryl methyl sites for hydroxylation is 1. The van der Waals surface area contributed by atoms with Gasteiger partial charge in [0.15, 0.2) is 15.0 Å². The van der Waals surface area contributed by atoms with E-state index in [1.54, 1.807) is 12.1 Å². The molecule has 0 aliphatic rings. The van der Waals surface area contributed by atoms with Gasteiger partial charge in [-0.1, -0.05) is 30.3 Å². The van der Waals surface area contributed by atoms with Crippen molar-refractivity contribution in [3.8, 4) is 5.75 Å². The molecule has 0 radical (unpaired) electrons. The van der Waals surface area contributed by atoms with Gasteiger partial charge in [0.05, 0.1) is 0 Å². The summed E-state index contributed by atoms with van der Waals surface area (Å²) in [5.74, 6) is 1.46. The molecular formula is C15H15F3O4S2. The van der Waals surface area contributed by atoms with Crippen molar-refractivity contribution in [3.63, 3.8) is 0 Å². The first-order chi connectivity index (χ1) is 11.1. The third-order valence-corrected chi connectivity index (χ3v) is 4.35. The average molecular weight is 380 g/mol. The molecule has 9 heteroatoms. The van der Waals surface area contributed by atoms with Crippen molar-refractivity contribution in [2.75, 3.05) is 5.75 Å². The summed E-state index contributed by atoms with van der Waals surface area (Å²) in [5, 5.41) is 9.16. The van der Waals surface area contributed by atoms with Gasteiger partial charge in [0.25, 0.3) is 0 Å². The summed E-state index contributed by atoms with van der Waals surface area (Å²) in [6.45, 7) is 0. The highest BCUT2D eigenvalue weighted by Gasteiger charge is 2.36. The Balaban J connectivity index is 0.000000307.